The predicted molar refractivity (Wildman–Crippen MR) is 128 cm³/mol. The number of rotatable bonds is 8. The van der Waals surface area contributed by atoms with Crippen molar-refractivity contribution in [3.8, 4) is 11.8 Å². The molecule has 6 nitrogen and oxygen atoms in total. The van der Waals surface area contributed by atoms with E-state index in [4.69, 9.17) is 22.0 Å². The molecule has 3 aromatic rings. The highest BCUT2D eigenvalue weighted by Crippen LogP contribution is 2.25. The molecule has 166 valence electrons. The van der Waals surface area contributed by atoms with Gasteiger partial charge in [-0.1, -0.05) is 29.8 Å². The van der Waals surface area contributed by atoms with E-state index in [9.17, 15) is 4.79 Å². The lowest BCUT2D eigenvalue weighted by Gasteiger charge is -2.12. The molecule has 32 heavy (non-hydrogen) atoms. The summed E-state index contributed by atoms with van der Waals surface area (Å²) < 4.78 is 1.83. The van der Waals surface area contributed by atoms with Crippen LogP contribution in [-0.4, -0.2) is 47.8 Å². The van der Waals surface area contributed by atoms with Crippen LogP contribution >= 0.6 is 11.6 Å². The fourth-order valence-corrected chi connectivity index (χ4v) is 3.90. The average molecular weight is 450 g/mol. The van der Waals surface area contributed by atoms with E-state index in [1.807, 2.05) is 63.0 Å². The van der Waals surface area contributed by atoms with Gasteiger partial charge in [0, 0.05) is 29.8 Å². The standard InChI is InChI=1S/C25H28ClN5O/c1-17-23(18(2)31(29-17)21-11-10-20(16-27)24(26)15-21)14-19-8-5-6-9-22(19)25(32)28-12-7-13-30(3)4/h5-6,8-11,15H,7,12-14H2,1-4H3,(H,28,32). The van der Waals surface area contributed by atoms with Crippen molar-refractivity contribution >= 4 is 17.5 Å². The van der Waals surface area contributed by atoms with E-state index in [2.05, 4.69) is 16.3 Å². The first-order valence-corrected chi connectivity index (χ1v) is 11.0. The van der Waals surface area contributed by atoms with Gasteiger partial charge >= 0.3 is 0 Å². The molecule has 3 rings (SSSR count). The molecule has 0 spiro atoms. The average Bonchev–Trinajstić information content (AvgIpc) is 3.05. The first-order chi connectivity index (χ1) is 15.3. The molecule has 1 aromatic heterocycles. The minimum absolute atomic E-state index is 0.0547. The number of benzene rings is 2. The van der Waals surface area contributed by atoms with Crippen LogP contribution in [0.1, 0.15) is 44.9 Å². The van der Waals surface area contributed by atoms with Crippen LogP contribution in [0.2, 0.25) is 5.02 Å². The Morgan fingerprint density at radius 1 is 1.22 bits per heavy atom. The highest BCUT2D eigenvalue weighted by atomic mass is 35.5. The highest BCUT2D eigenvalue weighted by molar-refractivity contribution is 6.31. The lowest BCUT2D eigenvalue weighted by molar-refractivity contribution is 0.0951. The molecule has 1 amide bonds. The van der Waals surface area contributed by atoms with Gasteiger partial charge in [-0.2, -0.15) is 10.4 Å². The number of hydrogen-bond acceptors (Lipinski definition) is 4. The number of nitrogens with zero attached hydrogens (tertiary/aromatic N) is 4. The van der Waals surface area contributed by atoms with Gasteiger partial charge in [-0.05, 0) is 70.7 Å². The van der Waals surface area contributed by atoms with Crippen molar-refractivity contribution in [2.45, 2.75) is 26.7 Å². The summed E-state index contributed by atoms with van der Waals surface area (Å²) in [6.07, 6.45) is 1.50. The Morgan fingerprint density at radius 3 is 2.66 bits per heavy atom. The Morgan fingerprint density at radius 2 is 1.97 bits per heavy atom. The third kappa shape index (κ3) is 5.37. The van der Waals surface area contributed by atoms with Gasteiger partial charge in [0.1, 0.15) is 6.07 Å². The van der Waals surface area contributed by atoms with E-state index < -0.39 is 0 Å². The zero-order chi connectivity index (χ0) is 23.3. The summed E-state index contributed by atoms with van der Waals surface area (Å²) in [5, 5.41) is 17.2. The van der Waals surface area contributed by atoms with Crippen LogP contribution in [0, 0.1) is 25.2 Å². The Hall–Kier alpha value is -3.14. The molecule has 0 atom stereocenters. The highest BCUT2D eigenvalue weighted by Gasteiger charge is 2.17. The van der Waals surface area contributed by atoms with Gasteiger partial charge in [-0.15, -0.1) is 0 Å². The number of aromatic nitrogens is 2. The van der Waals surface area contributed by atoms with Crippen molar-refractivity contribution in [3.63, 3.8) is 0 Å². The molecule has 0 saturated carbocycles. The zero-order valence-corrected chi connectivity index (χ0v) is 19.7. The first kappa shape index (κ1) is 23.5. The fourth-order valence-electron chi connectivity index (χ4n) is 3.69. The van der Waals surface area contributed by atoms with Gasteiger partial charge in [0.2, 0.25) is 0 Å². The lowest BCUT2D eigenvalue weighted by atomic mass is 9.98. The molecule has 0 fully saturated rings. The van der Waals surface area contributed by atoms with Gasteiger partial charge < -0.3 is 10.2 Å². The minimum Gasteiger partial charge on any atom is -0.352 e. The monoisotopic (exact) mass is 449 g/mol. The maximum Gasteiger partial charge on any atom is 0.251 e. The molecule has 2 aromatic carbocycles. The smallest absolute Gasteiger partial charge is 0.251 e. The van der Waals surface area contributed by atoms with Crippen molar-refractivity contribution in [3.05, 3.63) is 81.1 Å². The number of nitrogens with one attached hydrogen (secondary N) is 1. The molecular formula is C25H28ClN5O. The van der Waals surface area contributed by atoms with Crippen LogP contribution in [0.4, 0.5) is 0 Å². The third-order valence-electron chi connectivity index (χ3n) is 5.46. The molecular weight excluding hydrogens is 422 g/mol. The molecule has 0 aliphatic heterocycles. The molecule has 0 aliphatic rings. The Bertz CT molecular complexity index is 1160. The van der Waals surface area contributed by atoms with E-state index in [0.29, 0.717) is 29.1 Å². The number of carbonyl (C=O) groups is 1. The molecule has 1 N–H and O–H groups in total. The Labute approximate surface area is 194 Å². The number of aryl methyl sites for hydroxylation is 1. The quantitative estimate of drug-likeness (QED) is 0.521. The summed E-state index contributed by atoms with van der Waals surface area (Å²) in [5.41, 5.74) is 5.81. The van der Waals surface area contributed by atoms with Gasteiger partial charge in [0.05, 0.1) is 22.0 Å². The Kier molecular flexibility index (Phi) is 7.68. The summed E-state index contributed by atoms with van der Waals surface area (Å²) in [5.74, 6) is -0.0547. The summed E-state index contributed by atoms with van der Waals surface area (Å²) in [6, 6.07) is 15.1. The van der Waals surface area contributed by atoms with E-state index in [-0.39, 0.29) is 5.91 Å². The maximum absolute atomic E-state index is 12.8. The van der Waals surface area contributed by atoms with E-state index in [1.165, 1.54) is 0 Å². The van der Waals surface area contributed by atoms with Crippen LogP contribution in [0.25, 0.3) is 5.69 Å². The normalized spacial score (nSPS) is 10.9. The topological polar surface area (TPSA) is 73.9 Å². The van der Waals surface area contributed by atoms with Crippen LogP contribution in [0.3, 0.4) is 0 Å². The Balaban J connectivity index is 1.84. The summed E-state index contributed by atoms with van der Waals surface area (Å²) in [4.78, 5) is 14.9. The predicted octanol–water partition coefficient (Wildman–Crippen LogP) is 4.29. The van der Waals surface area contributed by atoms with Gasteiger partial charge in [-0.25, -0.2) is 4.68 Å². The number of nitriles is 1. The molecule has 0 aliphatic carbocycles. The summed E-state index contributed by atoms with van der Waals surface area (Å²) in [7, 11) is 4.04. The molecule has 0 bridgehead atoms. The van der Waals surface area contributed by atoms with Crippen LogP contribution < -0.4 is 5.32 Å². The molecule has 0 saturated heterocycles. The molecule has 0 radical (unpaired) electrons. The fraction of sp³-hybridized carbons (Fsp3) is 0.320. The minimum atomic E-state index is -0.0547. The van der Waals surface area contributed by atoms with Crippen molar-refractivity contribution < 1.29 is 4.79 Å². The second-order valence-electron chi connectivity index (χ2n) is 8.08. The second kappa shape index (κ2) is 10.4. The maximum atomic E-state index is 12.8. The molecule has 1 heterocycles. The van der Waals surface area contributed by atoms with E-state index in [0.717, 1.165) is 41.2 Å². The van der Waals surface area contributed by atoms with Crippen LogP contribution in [-0.2, 0) is 6.42 Å². The van der Waals surface area contributed by atoms with Crippen molar-refractivity contribution in [2.75, 3.05) is 27.2 Å². The summed E-state index contributed by atoms with van der Waals surface area (Å²) in [6.45, 7) is 5.54. The number of carbonyl (C=O) groups excluding carboxylic acids is 1. The summed E-state index contributed by atoms with van der Waals surface area (Å²) >= 11 is 6.22. The lowest BCUT2D eigenvalue weighted by Crippen LogP contribution is -2.28. The van der Waals surface area contributed by atoms with Gasteiger partial charge in [0.25, 0.3) is 5.91 Å². The van der Waals surface area contributed by atoms with Crippen molar-refractivity contribution in [1.82, 2.24) is 20.0 Å². The van der Waals surface area contributed by atoms with Gasteiger partial charge in [0.15, 0.2) is 0 Å². The number of amides is 1. The van der Waals surface area contributed by atoms with Crippen LogP contribution in [0.5, 0.6) is 0 Å². The van der Waals surface area contributed by atoms with Crippen molar-refractivity contribution in [2.24, 2.45) is 0 Å². The van der Waals surface area contributed by atoms with Crippen LogP contribution in [0.15, 0.2) is 42.5 Å². The number of halogens is 1. The van der Waals surface area contributed by atoms with Crippen molar-refractivity contribution in [1.29, 1.82) is 5.26 Å². The zero-order valence-electron chi connectivity index (χ0n) is 18.9. The van der Waals surface area contributed by atoms with E-state index in [1.54, 1.807) is 12.1 Å². The number of hydrogen-bond donors (Lipinski definition) is 1. The first-order valence-electron chi connectivity index (χ1n) is 10.6. The molecule has 0 unspecified atom stereocenters. The largest absolute Gasteiger partial charge is 0.352 e. The van der Waals surface area contributed by atoms with E-state index >= 15 is 0 Å². The third-order valence-corrected chi connectivity index (χ3v) is 5.77. The van der Waals surface area contributed by atoms with Gasteiger partial charge in [-0.3, -0.25) is 4.79 Å². The SMILES string of the molecule is Cc1nn(-c2ccc(C#N)c(Cl)c2)c(C)c1Cc1ccccc1C(=O)NCCCN(C)C. The molecule has 7 heteroatoms. The second-order valence-corrected chi connectivity index (χ2v) is 8.49.